The smallest absolute Gasteiger partial charge is 0.178 e. The van der Waals surface area contributed by atoms with Crippen molar-refractivity contribution < 1.29 is 4.74 Å². The first kappa shape index (κ1) is 17.7. The molecule has 0 amide bonds. The molecule has 2 aromatic heterocycles. The molecule has 2 aliphatic heterocycles. The van der Waals surface area contributed by atoms with E-state index >= 15 is 0 Å². The second-order valence-electron chi connectivity index (χ2n) is 8.58. The van der Waals surface area contributed by atoms with Crippen molar-refractivity contribution >= 4 is 11.5 Å². The number of hydrogen-bond acceptors (Lipinski definition) is 6. The maximum absolute atomic E-state index is 5.48. The highest BCUT2D eigenvalue weighted by Gasteiger charge is 2.25. The van der Waals surface area contributed by atoms with Crippen LogP contribution in [0.5, 0.6) is 0 Å². The minimum absolute atomic E-state index is 0.0759. The molecule has 7 heteroatoms. The molecule has 0 radical (unpaired) electrons. The fraction of sp³-hybridized carbons (Fsp3) is 0.737. The minimum Gasteiger partial charge on any atom is -0.381 e. The summed E-state index contributed by atoms with van der Waals surface area (Å²) in [5.74, 6) is 2.73. The standard InChI is InChI=1S/C19H30N6O/c1-19(2,3)18-21-20-16-4-5-17(22-25(16)18)24-10-8-23(9-11-24)14-15-6-12-26-13-7-15/h4-5,15H,6-14H2,1-3H3. The molecule has 4 heterocycles. The van der Waals surface area contributed by atoms with Gasteiger partial charge in [-0.05, 0) is 30.9 Å². The lowest BCUT2D eigenvalue weighted by Gasteiger charge is -2.37. The first-order chi connectivity index (χ1) is 12.5. The number of fused-ring (bicyclic) bond motifs is 1. The van der Waals surface area contributed by atoms with Crippen LogP contribution in [0.3, 0.4) is 0 Å². The van der Waals surface area contributed by atoms with Gasteiger partial charge in [-0.25, -0.2) is 0 Å². The van der Waals surface area contributed by atoms with Crippen LogP contribution in [0.4, 0.5) is 5.82 Å². The largest absolute Gasteiger partial charge is 0.381 e. The van der Waals surface area contributed by atoms with Crippen molar-refractivity contribution in [1.29, 1.82) is 0 Å². The number of rotatable bonds is 3. The van der Waals surface area contributed by atoms with Crippen LogP contribution in [-0.2, 0) is 10.2 Å². The van der Waals surface area contributed by atoms with Crippen LogP contribution in [0.25, 0.3) is 5.65 Å². The van der Waals surface area contributed by atoms with Crippen molar-refractivity contribution in [3.63, 3.8) is 0 Å². The average molecular weight is 358 g/mol. The van der Waals surface area contributed by atoms with Gasteiger partial charge in [-0.15, -0.1) is 15.3 Å². The van der Waals surface area contributed by atoms with Gasteiger partial charge in [0.05, 0.1) is 0 Å². The van der Waals surface area contributed by atoms with Crippen molar-refractivity contribution in [3.8, 4) is 0 Å². The molecule has 0 unspecified atom stereocenters. The van der Waals surface area contributed by atoms with E-state index in [1.54, 1.807) is 0 Å². The molecule has 0 bridgehead atoms. The molecule has 0 aliphatic carbocycles. The zero-order valence-corrected chi connectivity index (χ0v) is 16.2. The monoisotopic (exact) mass is 358 g/mol. The topological polar surface area (TPSA) is 58.8 Å². The van der Waals surface area contributed by atoms with Gasteiger partial charge in [0, 0.05) is 51.4 Å². The second kappa shape index (κ2) is 7.12. The third-order valence-electron chi connectivity index (χ3n) is 5.47. The molecule has 0 atom stereocenters. The van der Waals surface area contributed by atoms with Crippen molar-refractivity contribution in [1.82, 2.24) is 24.7 Å². The summed E-state index contributed by atoms with van der Waals surface area (Å²) >= 11 is 0. The van der Waals surface area contributed by atoms with Crippen LogP contribution in [0.2, 0.25) is 0 Å². The highest BCUT2D eigenvalue weighted by atomic mass is 16.5. The molecule has 0 saturated carbocycles. The van der Waals surface area contributed by atoms with Crippen molar-refractivity contribution in [2.75, 3.05) is 50.8 Å². The highest BCUT2D eigenvalue weighted by molar-refractivity contribution is 5.46. The number of piperazine rings is 1. The Kier molecular flexibility index (Phi) is 4.84. The Morgan fingerprint density at radius 2 is 1.77 bits per heavy atom. The van der Waals surface area contributed by atoms with Crippen LogP contribution < -0.4 is 4.90 Å². The molecule has 142 valence electrons. The Balaban J connectivity index is 1.42. The van der Waals surface area contributed by atoms with Gasteiger partial charge < -0.3 is 9.64 Å². The summed E-state index contributed by atoms with van der Waals surface area (Å²) in [6, 6.07) is 4.10. The molecule has 2 aliphatic rings. The lowest BCUT2D eigenvalue weighted by atomic mass is 9.96. The summed E-state index contributed by atoms with van der Waals surface area (Å²) < 4.78 is 7.38. The summed E-state index contributed by atoms with van der Waals surface area (Å²) in [5, 5.41) is 13.5. The van der Waals surface area contributed by atoms with Crippen LogP contribution in [0.1, 0.15) is 39.4 Å². The molecule has 26 heavy (non-hydrogen) atoms. The molecule has 2 saturated heterocycles. The summed E-state index contributed by atoms with van der Waals surface area (Å²) in [7, 11) is 0. The number of aromatic nitrogens is 4. The first-order valence-electron chi connectivity index (χ1n) is 9.79. The number of ether oxygens (including phenoxy) is 1. The van der Waals surface area contributed by atoms with Crippen molar-refractivity contribution in [2.24, 2.45) is 5.92 Å². The van der Waals surface area contributed by atoms with Gasteiger partial charge in [-0.1, -0.05) is 20.8 Å². The molecule has 0 spiro atoms. The fourth-order valence-electron chi connectivity index (χ4n) is 3.87. The normalized spacial score (nSPS) is 20.8. The van der Waals surface area contributed by atoms with Gasteiger partial charge >= 0.3 is 0 Å². The van der Waals surface area contributed by atoms with E-state index in [0.29, 0.717) is 0 Å². The highest BCUT2D eigenvalue weighted by Crippen LogP contribution is 2.22. The lowest BCUT2D eigenvalue weighted by molar-refractivity contribution is 0.0517. The second-order valence-corrected chi connectivity index (χ2v) is 8.58. The minimum atomic E-state index is -0.0759. The quantitative estimate of drug-likeness (QED) is 0.836. The molecule has 7 nitrogen and oxygen atoms in total. The predicted molar refractivity (Wildman–Crippen MR) is 102 cm³/mol. The lowest BCUT2D eigenvalue weighted by Crippen LogP contribution is -2.48. The van der Waals surface area contributed by atoms with E-state index in [9.17, 15) is 0 Å². The van der Waals surface area contributed by atoms with Crippen molar-refractivity contribution in [3.05, 3.63) is 18.0 Å². The van der Waals surface area contributed by atoms with Gasteiger partial charge in [0.1, 0.15) is 5.82 Å². The maximum Gasteiger partial charge on any atom is 0.178 e. The van der Waals surface area contributed by atoms with E-state index in [2.05, 4.69) is 46.8 Å². The first-order valence-corrected chi connectivity index (χ1v) is 9.79. The van der Waals surface area contributed by atoms with E-state index < -0.39 is 0 Å². The van der Waals surface area contributed by atoms with Gasteiger partial charge in [-0.2, -0.15) is 4.52 Å². The van der Waals surface area contributed by atoms with Gasteiger partial charge in [0.2, 0.25) is 0 Å². The van der Waals surface area contributed by atoms with E-state index in [-0.39, 0.29) is 5.41 Å². The number of hydrogen-bond donors (Lipinski definition) is 0. The van der Waals surface area contributed by atoms with E-state index in [4.69, 9.17) is 9.84 Å². The van der Waals surface area contributed by atoms with Crippen LogP contribution in [-0.4, -0.2) is 70.6 Å². The van der Waals surface area contributed by atoms with E-state index in [0.717, 1.165) is 62.6 Å². The zero-order valence-electron chi connectivity index (χ0n) is 16.2. The zero-order chi connectivity index (χ0) is 18.1. The molecule has 0 aromatic carbocycles. The average Bonchev–Trinajstić information content (AvgIpc) is 3.07. The summed E-state index contributed by atoms with van der Waals surface area (Å²) in [4.78, 5) is 4.98. The predicted octanol–water partition coefficient (Wildman–Crippen LogP) is 1.97. The third-order valence-corrected chi connectivity index (χ3v) is 5.47. The summed E-state index contributed by atoms with van der Waals surface area (Å²) in [6.07, 6.45) is 2.42. The Morgan fingerprint density at radius 1 is 1.04 bits per heavy atom. The Hall–Kier alpha value is -1.73. The number of anilines is 1. The fourth-order valence-corrected chi connectivity index (χ4v) is 3.87. The molecule has 0 N–H and O–H groups in total. The molecular weight excluding hydrogens is 328 g/mol. The van der Waals surface area contributed by atoms with Gasteiger partial charge in [0.25, 0.3) is 0 Å². The van der Waals surface area contributed by atoms with Gasteiger partial charge in [0.15, 0.2) is 11.5 Å². The summed E-state index contributed by atoms with van der Waals surface area (Å²) in [6.45, 7) is 13.8. The van der Waals surface area contributed by atoms with E-state index in [1.807, 2.05) is 10.6 Å². The van der Waals surface area contributed by atoms with Crippen LogP contribution in [0.15, 0.2) is 12.1 Å². The van der Waals surface area contributed by atoms with E-state index in [1.165, 1.54) is 19.4 Å². The Labute approximate surface area is 155 Å². The SMILES string of the molecule is CC(C)(C)c1nnc2ccc(N3CCN(CC4CCOCC4)CC3)nn12. The summed E-state index contributed by atoms with van der Waals surface area (Å²) in [5.41, 5.74) is 0.741. The third kappa shape index (κ3) is 3.69. The molecule has 4 rings (SSSR count). The molecule has 2 fully saturated rings. The Bertz CT molecular complexity index is 738. The van der Waals surface area contributed by atoms with Crippen LogP contribution >= 0.6 is 0 Å². The Morgan fingerprint density at radius 3 is 2.46 bits per heavy atom. The molecule has 2 aromatic rings. The maximum atomic E-state index is 5.48. The van der Waals surface area contributed by atoms with Crippen molar-refractivity contribution in [2.45, 2.75) is 39.0 Å². The number of nitrogens with zero attached hydrogens (tertiary/aromatic N) is 6. The van der Waals surface area contributed by atoms with Gasteiger partial charge in [-0.3, -0.25) is 4.90 Å². The molecular formula is C19H30N6O. The van der Waals surface area contributed by atoms with Crippen LogP contribution in [0, 0.1) is 5.92 Å².